The zero-order valence-electron chi connectivity index (χ0n) is 18.3. The first-order valence-electron chi connectivity index (χ1n) is 11.2. The minimum Gasteiger partial charge on any atom is -0.462 e. The van der Waals surface area contributed by atoms with E-state index >= 15 is 0 Å². The summed E-state index contributed by atoms with van der Waals surface area (Å²) in [7, 11) is 0. The molecule has 0 aliphatic carbocycles. The molecule has 162 valence electrons. The molecule has 33 heavy (non-hydrogen) atoms. The van der Waals surface area contributed by atoms with Gasteiger partial charge in [-0.3, -0.25) is 0 Å². The van der Waals surface area contributed by atoms with E-state index in [4.69, 9.17) is 9.84 Å². The second-order valence-electron chi connectivity index (χ2n) is 8.68. The molecule has 0 radical (unpaired) electrons. The van der Waals surface area contributed by atoms with Gasteiger partial charge in [-0.1, -0.05) is 101 Å². The molecule has 4 aromatic carbocycles. The molecule has 0 saturated carbocycles. The van der Waals surface area contributed by atoms with Gasteiger partial charge in [-0.05, 0) is 34.9 Å². The Morgan fingerprint density at radius 3 is 2.18 bits per heavy atom. The van der Waals surface area contributed by atoms with Crippen LogP contribution in [0.25, 0.3) is 11.1 Å². The van der Waals surface area contributed by atoms with Crippen molar-refractivity contribution in [3.63, 3.8) is 0 Å². The van der Waals surface area contributed by atoms with Crippen LogP contribution in [0.1, 0.15) is 36.1 Å². The third kappa shape index (κ3) is 3.46. The van der Waals surface area contributed by atoms with Gasteiger partial charge >= 0.3 is 0 Å². The molecule has 0 N–H and O–H groups in total. The average Bonchev–Trinajstić information content (AvgIpc) is 3.32. The summed E-state index contributed by atoms with van der Waals surface area (Å²) in [5.74, 6) is 0.931. The molecule has 4 aromatic rings. The van der Waals surface area contributed by atoms with Crippen molar-refractivity contribution >= 4 is 21.6 Å². The van der Waals surface area contributed by atoms with Crippen LogP contribution in [0.5, 0.6) is 5.75 Å². The average molecular weight is 495 g/mol. The fourth-order valence-electron chi connectivity index (χ4n) is 4.87. The fourth-order valence-corrected chi connectivity index (χ4v) is 5.13. The number of halogens is 1. The van der Waals surface area contributed by atoms with Crippen LogP contribution in [0.15, 0.2) is 113 Å². The predicted octanol–water partition coefficient (Wildman–Crippen LogP) is 7.53. The Morgan fingerprint density at radius 1 is 0.788 bits per heavy atom. The normalized spacial score (nSPS) is 21.1. The lowest BCUT2D eigenvalue weighted by molar-refractivity contribution is -0.112. The molecule has 0 amide bonds. The molecule has 0 bridgehead atoms. The molecular formula is C29H23BrN2O. The molecule has 0 unspecified atom stereocenters. The van der Waals surface area contributed by atoms with Crippen molar-refractivity contribution in [2.24, 2.45) is 5.10 Å². The topological polar surface area (TPSA) is 24.8 Å². The summed E-state index contributed by atoms with van der Waals surface area (Å²) in [6, 6.07) is 36.0. The number of para-hydroxylation sites is 1. The molecule has 2 heterocycles. The lowest BCUT2D eigenvalue weighted by Gasteiger charge is -2.46. The van der Waals surface area contributed by atoms with Gasteiger partial charge in [0.15, 0.2) is 0 Å². The first kappa shape index (κ1) is 20.3. The van der Waals surface area contributed by atoms with Crippen molar-refractivity contribution in [1.29, 1.82) is 0 Å². The van der Waals surface area contributed by atoms with E-state index < -0.39 is 5.72 Å². The largest absolute Gasteiger partial charge is 0.462 e. The van der Waals surface area contributed by atoms with Crippen LogP contribution in [-0.2, 0) is 5.72 Å². The van der Waals surface area contributed by atoms with Crippen molar-refractivity contribution in [2.45, 2.75) is 25.1 Å². The van der Waals surface area contributed by atoms with E-state index in [1.165, 1.54) is 16.7 Å². The minimum absolute atomic E-state index is 0.132. The minimum atomic E-state index is -0.689. The third-order valence-corrected chi connectivity index (χ3v) is 7.17. The summed E-state index contributed by atoms with van der Waals surface area (Å²) in [4.78, 5) is 0. The number of fused-ring (bicyclic) bond motifs is 3. The van der Waals surface area contributed by atoms with Gasteiger partial charge in [-0.2, -0.15) is 5.10 Å². The van der Waals surface area contributed by atoms with Gasteiger partial charge in [-0.15, -0.1) is 0 Å². The van der Waals surface area contributed by atoms with E-state index in [1.54, 1.807) is 0 Å². The zero-order valence-corrected chi connectivity index (χ0v) is 19.9. The van der Waals surface area contributed by atoms with Crippen molar-refractivity contribution in [2.75, 3.05) is 0 Å². The third-order valence-electron chi connectivity index (χ3n) is 6.64. The number of benzene rings is 4. The van der Waals surface area contributed by atoms with E-state index in [9.17, 15) is 0 Å². The van der Waals surface area contributed by atoms with E-state index in [0.717, 1.165) is 33.5 Å². The maximum Gasteiger partial charge on any atom is 0.221 e. The molecule has 2 aliphatic heterocycles. The highest BCUT2D eigenvalue weighted by Gasteiger charge is 2.48. The summed E-state index contributed by atoms with van der Waals surface area (Å²) in [5.41, 5.74) is 6.25. The second-order valence-corrected chi connectivity index (χ2v) is 9.60. The Labute approximate surface area is 202 Å². The van der Waals surface area contributed by atoms with Gasteiger partial charge in [0.25, 0.3) is 0 Å². The van der Waals surface area contributed by atoms with E-state index in [2.05, 4.69) is 119 Å². The number of hydrogen-bond donors (Lipinski definition) is 0. The fraction of sp³-hybridized carbons (Fsp3) is 0.138. The van der Waals surface area contributed by atoms with E-state index in [-0.39, 0.29) is 6.04 Å². The van der Waals surface area contributed by atoms with E-state index in [0.29, 0.717) is 0 Å². The van der Waals surface area contributed by atoms with Gasteiger partial charge in [0.1, 0.15) is 5.75 Å². The maximum absolute atomic E-state index is 6.62. The lowest BCUT2D eigenvalue weighted by Crippen LogP contribution is -2.48. The van der Waals surface area contributed by atoms with Crippen molar-refractivity contribution in [1.82, 2.24) is 5.01 Å². The summed E-state index contributed by atoms with van der Waals surface area (Å²) in [6.07, 6.45) is 0.844. The standard InChI is InChI=1S/C29H23BrN2O/c1-29(23-15-17-24(30)18-16-23)32-27(25-9-5-6-10-28(25)33-29)19-26(31-32)22-13-11-21(12-14-22)20-7-3-2-4-8-20/h2-18,27H,19H2,1H3/t27-,29-/m0/s1. The summed E-state index contributed by atoms with van der Waals surface area (Å²) in [5, 5.41) is 7.30. The van der Waals surface area contributed by atoms with Crippen molar-refractivity contribution < 1.29 is 4.74 Å². The van der Waals surface area contributed by atoms with Gasteiger partial charge < -0.3 is 4.74 Å². The number of nitrogens with zero attached hydrogens (tertiary/aromatic N) is 2. The predicted molar refractivity (Wildman–Crippen MR) is 136 cm³/mol. The second kappa shape index (κ2) is 7.89. The Hall–Kier alpha value is -3.37. The molecule has 0 fully saturated rings. The van der Waals surface area contributed by atoms with Gasteiger partial charge in [-0.25, -0.2) is 5.01 Å². The molecule has 0 saturated heterocycles. The molecule has 2 aliphatic rings. The molecule has 0 spiro atoms. The van der Waals surface area contributed by atoms with Gasteiger partial charge in [0, 0.05) is 28.9 Å². The van der Waals surface area contributed by atoms with E-state index in [1.807, 2.05) is 12.1 Å². The number of hydrogen-bond acceptors (Lipinski definition) is 3. The zero-order chi connectivity index (χ0) is 22.4. The van der Waals surface area contributed by atoms with Crippen LogP contribution >= 0.6 is 15.9 Å². The molecule has 6 rings (SSSR count). The Bertz CT molecular complexity index is 1330. The highest BCUT2D eigenvalue weighted by molar-refractivity contribution is 9.10. The van der Waals surface area contributed by atoms with Crippen molar-refractivity contribution in [3.05, 3.63) is 124 Å². The number of hydrazone groups is 1. The first-order valence-corrected chi connectivity index (χ1v) is 12.0. The van der Waals surface area contributed by atoms with Crippen LogP contribution in [0, 0.1) is 0 Å². The van der Waals surface area contributed by atoms with Crippen LogP contribution in [0.3, 0.4) is 0 Å². The molecule has 2 atom stereocenters. The first-order chi connectivity index (χ1) is 16.1. The van der Waals surface area contributed by atoms with Crippen LogP contribution in [-0.4, -0.2) is 10.7 Å². The highest BCUT2D eigenvalue weighted by Crippen LogP contribution is 2.50. The van der Waals surface area contributed by atoms with Crippen LogP contribution in [0.2, 0.25) is 0 Å². The summed E-state index contributed by atoms with van der Waals surface area (Å²) < 4.78 is 7.67. The maximum atomic E-state index is 6.62. The summed E-state index contributed by atoms with van der Waals surface area (Å²) in [6.45, 7) is 2.12. The molecule has 3 nitrogen and oxygen atoms in total. The number of ether oxygens (including phenoxy) is 1. The Morgan fingerprint density at radius 2 is 1.42 bits per heavy atom. The number of rotatable bonds is 3. The van der Waals surface area contributed by atoms with Crippen LogP contribution in [0.4, 0.5) is 0 Å². The molecule has 4 heteroatoms. The monoisotopic (exact) mass is 494 g/mol. The Kier molecular flexibility index (Phi) is 4.84. The Balaban J connectivity index is 1.40. The lowest BCUT2D eigenvalue weighted by atomic mass is 9.92. The summed E-state index contributed by atoms with van der Waals surface area (Å²) >= 11 is 3.55. The van der Waals surface area contributed by atoms with Gasteiger partial charge in [0.2, 0.25) is 5.72 Å². The van der Waals surface area contributed by atoms with Crippen molar-refractivity contribution in [3.8, 4) is 16.9 Å². The SMILES string of the molecule is C[C@@]1(c2ccc(Br)cc2)Oc2ccccc2[C@@H]2CC(c3ccc(-c4ccccc4)cc3)=NN21. The molecular weight excluding hydrogens is 472 g/mol. The highest BCUT2D eigenvalue weighted by atomic mass is 79.9. The molecule has 0 aromatic heterocycles. The quantitative estimate of drug-likeness (QED) is 0.294. The smallest absolute Gasteiger partial charge is 0.221 e. The van der Waals surface area contributed by atoms with Gasteiger partial charge in [0.05, 0.1) is 11.8 Å². The van der Waals surface area contributed by atoms with Crippen LogP contribution < -0.4 is 4.74 Å².